The molecule has 16 heavy (non-hydrogen) atoms. The lowest BCUT2D eigenvalue weighted by Gasteiger charge is -2.19. The second-order valence-electron chi connectivity index (χ2n) is 4.02. The Bertz CT molecular complexity index is 349. The van der Waals surface area contributed by atoms with E-state index in [1.807, 2.05) is 13.2 Å². The molecule has 4 heteroatoms. The minimum Gasteiger partial charge on any atom is -0.497 e. The Kier molecular flexibility index (Phi) is 4.36. The van der Waals surface area contributed by atoms with Crippen LogP contribution in [0.5, 0.6) is 0 Å². The molecule has 1 N–H and O–H groups in total. The Morgan fingerprint density at radius 1 is 1.62 bits per heavy atom. The van der Waals surface area contributed by atoms with E-state index in [1.54, 1.807) is 11.3 Å². The number of hydrogen-bond acceptors (Lipinski definition) is 4. The first-order valence-electron chi connectivity index (χ1n) is 5.77. The topological polar surface area (TPSA) is 34.2 Å². The van der Waals surface area contributed by atoms with Gasteiger partial charge >= 0.3 is 0 Å². The molecule has 0 aliphatic carbocycles. The van der Waals surface area contributed by atoms with Gasteiger partial charge in [-0.15, -0.1) is 11.3 Å². The van der Waals surface area contributed by atoms with Gasteiger partial charge in [0, 0.05) is 24.9 Å². The van der Waals surface area contributed by atoms with Gasteiger partial charge in [-0.25, -0.2) is 4.98 Å². The first-order chi connectivity index (χ1) is 7.84. The van der Waals surface area contributed by atoms with Crippen molar-refractivity contribution in [2.75, 3.05) is 13.1 Å². The van der Waals surface area contributed by atoms with Crippen molar-refractivity contribution in [3.8, 4) is 0 Å². The fourth-order valence-corrected chi connectivity index (χ4v) is 2.38. The molecule has 1 aliphatic heterocycles. The fraction of sp³-hybridized carbons (Fsp3) is 0.583. The number of allylic oxidation sites excluding steroid dienone is 1. The molecule has 1 aromatic heterocycles. The van der Waals surface area contributed by atoms with E-state index < -0.39 is 0 Å². The number of nitrogens with one attached hydrogen (secondary N) is 1. The molecule has 3 nitrogen and oxygen atoms in total. The Balaban J connectivity index is 1.59. The van der Waals surface area contributed by atoms with Gasteiger partial charge in [-0.1, -0.05) is 0 Å². The maximum atomic E-state index is 5.48. The lowest BCUT2D eigenvalue weighted by Crippen LogP contribution is -2.30. The summed E-state index contributed by atoms with van der Waals surface area (Å²) in [6, 6.07) is 0. The summed E-state index contributed by atoms with van der Waals surface area (Å²) in [5.41, 5.74) is 1.19. The fourth-order valence-electron chi connectivity index (χ4n) is 1.74. The van der Waals surface area contributed by atoms with Crippen LogP contribution in [0.3, 0.4) is 0 Å². The number of aromatic nitrogens is 1. The molecule has 1 aliphatic rings. The largest absolute Gasteiger partial charge is 0.497 e. The highest BCUT2D eigenvalue weighted by atomic mass is 32.1. The van der Waals surface area contributed by atoms with E-state index >= 15 is 0 Å². The van der Waals surface area contributed by atoms with E-state index in [-0.39, 0.29) is 0 Å². The van der Waals surface area contributed by atoms with Crippen molar-refractivity contribution in [3.63, 3.8) is 0 Å². The van der Waals surface area contributed by atoms with Crippen LogP contribution >= 0.6 is 11.3 Å². The normalized spacial score (nSPS) is 19.7. The second-order valence-corrected chi connectivity index (χ2v) is 5.08. The first-order valence-corrected chi connectivity index (χ1v) is 6.65. The van der Waals surface area contributed by atoms with Crippen LogP contribution in [0, 0.1) is 6.92 Å². The zero-order valence-electron chi connectivity index (χ0n) is 9.61. The van der Waals surface area contributed by atoms with Gasteiger partial charge < -0.3 is 10.1 Å². The lowest BCUT2D eigenvalue weighted by atomic mass is 10.1. The van der Waals surface area contributed by atoms with Gasteiger partial charge in [0.05, 0.1) is 17.0 Å². The third-order valence-electron chi connectivity index (χ3n) is 2.62. The molecule has 0 spiro atoms. The van der Waals surface area contributed by atoms with Crippen LogP contribution in [0.25, 0.3) is 0 Å². The van der Waals surface area contributed by atoms with E-state index in [0.29, 0.717) is 6.10 Å². The third-order valence-corrected chi connectivity index (χ3v) is 3.44. The number of aryl methyl sites for hydroxylation is 1. The smallest absolute Gasteiger partial charge is 0.110 e. The monoisotopic (exact) mass is 238 g/mol. The summed E-state index contributed by atoms with van der Waals surface area (Å²) >= 11 is 1.72. The molecule has 0 fully saturated rings. The average molecular weight is 238 g/mol. The van der Waals surface area contributed by atoms with Crippen molar-refractivity contribution >= 4 is 11.3 Å². The van der Waals surface area contributed by atoms with Gasteiger partial charge in [-0.3, -0.25) is 0 Å². The molecule has 0 bridgehead atoms. The average Bonchev–Trinajstić information content (AvgIpc) is 2.72. The van der Waals surface area contributed by atoms with E-state index in [0.717, 1.165) is 37.4 Å². The van der Waals surface area contributed by atoms with Crippen molar-refractivity contribution in [3.05, 3.63) is 28.4 Å². The maximum Gasteiger partial charge on any atom is 0.110 e. The number of nitrogens with zero attached hydrogens (tertiary/aromatic N) is 1. The Labute approximate surface area is 101 Å². The Morgan fingerprint density at radius 2 is 2.56 bits per heavy atom. The summed E-state index contributed by atoms with van der Waals surface area (Å²) in [5.74, 6) is 0. The summed E-state index contributed by atoms with van der Waals surface area (Å²) < 4.78 is 5.48. The zero-order chi connectivity index (χ0) is 11.2. The number of rotatable bonds is 5. The van der Waals surface area contributed by atoms with Gasteiger partial charge in [-0.05, 0) is 25.8 Å². The summed E-state index contributed by atoms with van der Waals surface area (Å²) in [5, 5.41) is 6.70. The number of hydrogen-bond donors (Lipinski definition) is 1. The van der Waals surface area contributed by atoms with Crippen LogP contribution in [0.2, 0.25) is 0 Å². The second kappa shape index (κ2) is 6.01. The van der Waals surface area contributed by atoms with Gasteiger partial charge in [0.25, 0.3) is 0 Å². The van der Waals surface area contributed by atoms with E-state index in [9.17, 15) is 0 Å². The van der Waals surface area contributed by atoms with Crippen LogP contribution in [0.1, 0.15) is 23.5 Å². The minimum atomic E-state index is 0.349. The maximum absolute atomic E-state index is 5.48. The highest BCUT2D eigenvalue weighted by molar-refractivity contribution is 7.09. The minimum absolute atomic E-state index is 0.349. The number of thiazole rings is 1. The molecule has 1 atom stereocenters. The van der Waals surface area contributed by atoms with E-state index in [1.165, 1.54) is 5.69 Å². The molecule has 88 valence electrons. The van der Waals surface area contributed by atoms with Crippen LogP contribution in [-0.2, 0) is 11.2 Å². The van der Waals surface area contributed by atoms with E-state index in [2.05, 4.69) is 21.8 Å². The standard InChI is InChI=1S/C12H18N2OS/c1-10-14-11(9-16-10)5-6-13-8-12-4-2-3-7-15-12/h3,7,9,12-13H,2,4-6,8H2,1H3. The van der Waals surface area contributed by atoms with Crippen molar-refractivity contribution in [1.82, 2.24) is 10.3 Å². The molecular formula is C12H18N2OS. The first kappa shape index (κ1) is 11.6. The van der Waals surface area contributed by atoms with Crippen LogP contribution in [0.15, 0.2) is 17.7 Å². The van der Waals surface area contributed by atoms with Gasteiger partial charge in [0.2, 0.25) is 0 Å². The van der Waals surface area contributed by atoms with Crippen molar-refractivity contribution in [2.45, 2.75) is 32.3 Å². The zero-order valence-corrected chi connectivity index (χ0v) is 10.4. The molecule has 0 saturated heterocycles. The third kappa shape index (κ3) is 3.61. The summed E-state index contributed by atoms with van der Waals surface area (Å²) in [4.78, 5) is 4.43. The Hall–Kier alpha value is -0.870. The SMILES string of the molecule is Cc1nc(CCNCC2CCC=CO2)cs1. The molecule has 2 heterocycles. The highest BCUT2D eigenvalue weighted by Crippen LogP contribution is 2.09. The number of ether oxygens (including phenoxy) is 1. The highest BCUT2D eigenvalue weighted by Gasteiger charge is 2.09. The molecular weight excluding hydrogens is 220 g/mol. The predicted octanol–water partition coefficient (Wildman–Crippen LogP) is 2.28. The van der Waals surface area contributed by atoms with Crippen LogP contribution in [-0.4, -0.2) is 24.2 Å². The molecule has 0 saturated carbocycles. The lowest BCUT2D eigenvalue weighted by molar-refractivity contribution is 0.122. The van der Waals surface area contributed by atoms with Crippen molar-refractivity contribution in [1.29, 1.82) is 0 Å². The summed E-state index contributed by atoms with van der Waals surface area (Å²) in [6.45, 7) is 3.96. The molecule has 0 aromatic carbocycles. The van der Waals surface area contributed by atoms with Gasteiger partial charge in [0.15, 0.2) is 0 Å². The molecule has 2 rings (SSSR count). The summed E-state index contributed by atoms with van der Waals surface area (Å²) in [6.07, 6.45) is 7.51. The molecule has 1 aromatic rings. The molecule has 1 unspecified atom stereocenters. The summed E-state index contributed by atoms with van der Waals surface area (Å²) in [7, 11) is 0. The molecule has 0 radical (unpaired) electrons. The Morgan fingerprint density at radius 3 is 3.25 bits per heavy atom. The quantitative estimate of drug-likeness (QED) is 0.799. The van der Waals surface area contributed by atoms with Crippen molar-refractivity contribution in [2.24, 2.45) is 0 Å². The van der Waals surface area contributed by atoms with Gasteiger partial charge in [0.1, 0.15) is 6.10 Å². The van der Waals surface area contributed by atoms with Crippen LogP contribution in [0.4, 0.5) is 0 Å². The van der Waals surface area contributed by atoms with Crippen LogP contribution < -0.4 is 5.32 Å². The predicted molar refractivity (Wildman–Crippen MR) is 66.7 cm³/mol. The van der Waals surface area contributed by atoms with Gasteiger partial charge in [-0.2, -0.15) is 0 Å². The van der Waals surface area contributed by atoms with Crippen molar-refractivity contribution < 1.29 is 4.74 Å². The molecule has 0 amide bonds. The van der Waals surface area contributed by atoms with E-state index in [4.69, 9.17) is 4.74 Å².